The smallest absolute Gasteiger partial charge is 0.326 e. The summed E-state index contributed by atoms with van der Waals surface area (Å²) in [7, 11) is 3.13. The van der Waals surface area contributed by atoms with Gasteiger partial charge >= 0.3 is 5.69 Å². The maximum atomic E-state index is 12.2. The number of methoxy groups -OCH3 is 2. The molecule has 0 spiro atoms. The van der Waals surface area contributed by atoms with E-state index in [0.29, 0.717) is 29.1 Å². The summed E-state index contributed by atoms with van der Waals surface area (Å²) < 4.78 is 11.8. The molecule has 0 aliphatic rings. The first-order chi connectivity index (χ1) is 12.1. The van der Waals surface area contributed by atoms with E-state index in [9.17, 15) is 9.59 Å². The van der Waals surface area contributed by atoms with E-state index in [1.165, 1.54) is 4.57 Å². The molecule has 3 rings (SSSR count). The Labute approximate surface area is 144 Å². The number of aromatic amines is 1. The van der Waals surface area contributed by atoms with Crippen molar-refractivity contribution >= 4 is 16.9 Å². The molecule has 0 atom stereocenters. The zero-order chi connectivity index (χ0) is 17.8. The average molecular weight is 341 g/mol. The fourth-order valence-electron chi connectivity index (χ4n) is 2.65. The molecule has 7 heteroatoms. The van der Waals surface area contributed by atoms with Gasteiger partial charge in [0.05, 0.1) is 25.3 Å². The maximum absolute atomic E-state index is 12.2. The second-order valence-electron chi connectivity index (χ2n) is 5.50. The van der Waals surface area contributed by atoms with Crippen LogP contribution in [0.3, 0.4) is 0 Å². The Morgan fingerprint density at radius 3 is 2.64 bits per heavy atom. The molecule has 0 aliphatic carbocycles. The minimum Gasteiger partial charge on any atom is -0.493 e. The highest BCUT2D eigenvalue weighted by Gasteiger charge is 2.11. The Hall–Kier alpha value is -3.22. The molecule has 2 N–H and O–H groups in total. The number of aromatic nitrogens is 2. The van der Waals surface area contributed by atoms with Gasteiger partial charge < -0.3 is 19.8 Å². The molecule has 0 bridgehead atoms. The summed E-state index contributed by atoms with van der Waals surface area (Å²) in [5.41, 5.74) is 1.98. The minimum atomic E-state index is -0.303. The van der Waals surface area contributed by atoms with Gasteiger partial charge in [0.25, 0.3) is 0 Å². The molecule has 0 aliphatic heterocycles. The van der Waals surface area contributed by atoms with E-state index in [1.54, 1.807) is 38.5 Å². The number of nitrogens with one attached hydrogen (secondary N) is 2. The van der Waals surface area contributed by atoms with E-state index in [1.807, 2.05) is 18.2 Å². The summed E-state index contributed by atoms with van der Waals surface area (Å²) in [5, 5.41) is 2.81. The van der Waals surface area contributed by atoms with E-state index in [0.717, 1.165) is 5.56 Å². The first kappa shape index (κ1) is 16.6. The zero-order valence-electron chi connectivity index (χ0n) is 14.0. The molecule has 0 unspecified atom stereocenters. The first-order valence-corrected chi connectivity index (χ1v) is 7.77. The van der Waals surface area contributed by atoms with Crippen LogP contribution in [-0.4, -0.2) is 29.7 Å². The van der Waals surface area contributed by atoms with Gasteiger partial charge in [0, 0.05) is 6.54 Å². The number of nitrogens with zero attached hydrogens (tertiary/aromatic N) is 1. The number of hydrogen-bond donors (Lipinski definition) is 2. The Balaban J connectivity index is 1.69. The van der Waals surface area contributed by atoms with Gasteiger partial charge in [-0.05, 0) is 29.8 Å². The van der Waals surface area contributed by atoms with Gasteiger partial charge in [0.2, 0.25) is 5.91 Å². The number of benzene rings is 2. The predicted octanol–water partition coefficient (Wildman–Crippen LogP) is 1.66. The molecule has 25 heavy (non-hydrogen) atoms. The quantitative estimate of drug-likeness (QED) is 0.714. The molecule has 0 radical (unpaired) electrons. The standard InChI is InChI=1S/C18H19N3O4/c1-24-15-8-7-12(9-16(15)25-2)10-19-17(22)11-21-14-6-4-3-5-13(14)20-18(21)23/h3-9H,10-11H2,1-2H3,(H,19,22)(H,20,23). The predicted molar refractivity (Wildman–Crippen MR) is 94.0 cm³/mol. The second kappa shape index (κ2) is 7.12. The summed E-state index contributed by atoms with van der Waals surface area (Å²) in [6.07, 6.45) is 0. The molecule has 0 saturated heterocycles. The van der Waals surface area contributed by atoms with Gasteiger partial charge in [-0.2, -0.15) is 0 Å². The van der Waals surface area contributed by atoms with Crippen LogP contribution in [0.25, 0.3) is 11.0 Å². The van der Waals surface area contributed by atoms with Crippen LogP contribution < -0.4 is 20.5 Å². The molecule has 130 valence electrons. The number of rotatable bonds is 6. The Morgan fingerprint density at radius 1 is 1.12 bits per heavy atom. The van der Waals surface area contributed by atoms with Crippen LogP contribution in [0.15, 0.2) is 47.3 Å². The van der Waals surface area contributed by atoms with E-state index in [4.69, 9.17) is 9.47 Å². The lowest BCUT2D eigenvalue weighted by Crippen LogP contribution is -2.31. The van der Waals surface area contributed by atoms with Crippen LogP contribution >= 0.6 is 0 Å². The SMILES string of the molecule is COc1ccc(CNC(=O)Cn2c(=O)[nH]c3ccccc32)cc1OC. The third-order valence-corrected chi connectivity index (χ3v) is 3.92. The number of para-hydroxylation sites is 2. The monoisotopic (exact) mass is 341 g/mol. The molecule has 1 heterocycles. The molecule has 0 fully saturated rings. The van der Waals surface area contributed by atoms with Crippen molar-refractivity contribution in [3.05, 3.63) is 58.5 Å². The topological polar surface area (TPSA) is 85.4 Å². The third-order valence-electron chi connectivity index (χ3n) is 3.92. The van der Waals surface area contributed by atoms with Gasteiger partial charge in [-0.3, -0.25) is 9.36 Å². The van der Waals surface area contributed by atoms with Crippen LogP contribution in [0, 0.1) is 0 Å². The van der Waals surface area contributed by atoms with E-state index in [2.05, 4.69) is 10.3 Å². The Kier molecular flexibility index (Phi) is 4.74. The number of fused-ring (bicyclic) bond motifs is 1. The highest BCUT2D eigenvalue weighted by atomic mass is 16.5. The van der Waals surface area contributed by atoms with Gasteiger partial charge in [0.15, 0.2) is 11.5 Å². The van der Waals surface area contributed by atoms with Crippen molar-refractivity contribution in [2.24, 2.45) is 0 Å². The lowest BCUT2D eigenvalue weighted by atomic mass is 10.2. The molecule has 1 aromatic heterocycles. The largest absolute Gasteiger partial charge is 0.493 e. The van der Waals surface area contributed by atoms with Crippen LogP contribution in [-0.2, 0) is 17.9 Å². The number of H-pyrrole nitrogens is 1. The number of hydrogen-bond acceptors (Lipinski definition) is 4. The van der Waals surface area contributed by atoms with E-state index < -0.39 is 0 Å². The molecule has 1 amide bonds. The van der Waals surface area contributed by atoms with Crippen molar-refractivity contribution < 1.29 is 14.3 Å². The van der Waals surface area contributed by atoms with Crippen molar-refractivity contribution in [1.29, 1.82) is 0 Å². The van der Waals surface area contributed by atoms with E-state index >= 15 is 0 Å². The number of carbonyl (C=O) groups excluding carboxylic acids is 1. The van der Waals surface area contributed by atoms with Gasteiger partial charge in [-0.1, -0.05) is 18.2 Å². The minimum absolute atomic E-state index is 0.0455. The van der Waals surface area contributed by atoms with Gasteiger partial charge in [-0.15, -0.1) is 0 Å². The summed E-state index contributed by atoms with van der Waals surface area (Å²) in [5.74, 6) is 0.978. The molecule has 3 aromatic rings. The van der Waals surface area contributed by atoms with Crippen molar-refractivity contribution in [1.82, 2.24) is 14.9 Å². The molecular weight excluding hydrogens is 322 g/mol. The van der Waals surface area contributed by atoms with Crippen LogP contribution in [0.4, 0.5) is 0 Å². The number of ether oxygens (including phenoxy) is 2. The summed E-state index contributed by atoms with van der Waals surface area (Å²) in [4.78, 5) is 26.9. The van der Waals surface area contributed by atoms with E-state index in [-0.39, 0.29) is 18.1 Å². The number of carbonyl (C=O) groups is 1. The summed E-state index contributed by atoms with van der Waals surface area (Å²) in [6.45, 7) is 0.284. The molecule has 2 aromatic carbocycles. The fraction of sp³-hybridized carbons (Fsp3) is 0.222. The van der Waals surface area contributed by atoms with Crippen molar-refractivity contribution in [3.63, 3.8) is 0 Å². The van der Waals surface area contributed by atoms with Crippen molar-refractivity contribution in [2.45, 2.75) is 13.1 Å². The normalized spacial score (nSPS) is 10.6. The Morgan fingerprint density at radius 2 is 1.88 bits per heavy atom. The Bertz CT molecular complexity index is 958. The summed E-state index contributed by atoms with van der Waals surface area (Å²) >= 11 is 0. The summed E-state index contributed by atoms with van der Waals surface area (Å²) in [6, 6.07) is 12.7. The third kappa shape index (κ3) is 3.50. The maximum Gasteiger partial charge on any atom is 0.326 e. The van der Waals surface area contributed by atoms with Gasteiger partial charge in [-0.25, -0.2) is 4.79 Å². The van der Waals surface area contributed by atoms with Crippen LogP contribution in [0.1, 0.15) is 5.56 Å². The average Bonchev–Trinajstić information content (AvgIpc) is 2.95. The molecule has 7 nitrogen and oxygen atoms in total. The molecule has 0 saturated carbocycles. The highest BCUT2D eigenvalue weighted by Crippen LogP contribution is 2.27. The fourth-order valence-corrected chi connectivity index (χ4v) is 2.65. The second-order valence-corrected chi connectivity index (χ2v) is 5.50. The van der Waals surface area contributed by atoms with Crippen molar-refractivity contribution in [3.8, 4) is 11.5 Å². The van der Waals surface area contributed by atoms with Crippen molar-refractivity contribution in [2.75, 3.05) is 14.2 Å². The lowest BCUT2D eigenvalue weighted by Gasteiger charge is -2.10. The van der Waals surface area contributed by atoms with Crippen LogP contribution in [0.5, 0.6) is 11.5 Å². The zero-order valence-corrected chi connectivity index (χ0v) is 14.0. The molecular formula is C18H19N3O4. The lowest BCUT2D eigenvalue weighted by molar-refractivity contribution is -0.121. The number of imidazole rings is 1. The first-order valence-electron chi connectivity index (χ1n) is 7.77. The highest BCUT2D eigenvalue weighted by molar-refractivity contribution is 5.80. The number of amides is 1. The van der Waals surface area contributed by atoms with Gasteiger partial charge in [0.1, 0.15) is 6.54 Å². The van der Waals surface area contributed by atoms with Crippen LogP contribution in [0.2, 0.25) is 0 Å².